The monoisotopic (exact) mass is 598 g/mol. The van der Waals surface area contributed by atoms with Crippen LogP contribution in [0, 0.1) is 0 Å². The summed E-state index contributed by atoms with van der Waals surface area (Å²) in [4.78, 5) is 39.0. The highest BCUT2D eigenvalue weighted by molar-refractivity contribution is 5.87. The summed E-state index contributed by atoms with van der Waals surface area (Å²) in [5.74, 6) is 0.980. The summed E-state index contributed by atoms with van der Waals surface area (Å²) >= 11 is 0. The molecule has 1 aromatic heterocycles. The molecule has 10 nitrogen and oxygen atoms in total. The Bertz CT molecular complexity index is 1800. The fraction of sp³-hybridized carbons (Fsp3) is 0.324. The third-order valence-electron chi connectivity index (χ3n) is 8.11. The lowest BCUT2D eigenvalue weighted by atomic mass is 9.95. The fourth-order valence-corrected chi connectivity index (χ4v) is 6.03. The molecule has 5 rings (SSSR count). The van der Waals surface area contributed by atoms with Gasteiger partial charge in [0, 0.05) is 43.2 Å². The fourth-order valence-electron chi connectivity index (χ4n) is 6.03. The van der Waals surface area contributed by atoms with Crippen LogP contribution in [0.2, 0.25) is 0 Å². The second-order valence-corrected chi connectivity index (χ2v) is 11.0. The van der Waals surface area contributed by atoms with E-state index in [4.69, 9.17) is 14.2 Å². The maximum atomic E-state index is 13.6. The van der Waals surface area contributed by atoms with Crippen LogP contribution in [-0.4, -0.2) is 43.8 Å². The lowest BCUT2D eigenvalue weighted by molar-refractivity contribution is -0.122. The molecule has 0 spiro atoms. The van der Waals surface area contributed by atoms with Crippen LogP contribution in [0.25, 0.3) is 22.0 Å². The van der Waals surface area contributed by atoms with Gasteiger partial charge in [0.05, 0.1) is 33.1 Å². The van der Waals surface area contributed by atoms with Gasteiger partial charge < -0.3 is 34.7 Å². The number of aryl methyl sites for hydroxylation is 2. The van der Waals surface area contributed by atoms with Crippen molar-refractivity contribution >= 4 is 28.4 Å². The zero-order chi connectivity index (χ0) is 31.5. The van der Waals surface area contributed by atoms with Crippen LogP contribution in [0.3, 0.4) is 0 Å². The van der Waals surface area contributed by atoms with Crippen molar-refractivity contribution in [1.29, 1.82) is 0 Å². The number of nitrogens with one attached hydrogen (secondary N) is 3. The van der Waals surface area contributed by atoms with Crippen LogP contribution in [0.4, 0.5) is 5.69 Å². The van der Waals surface area contributed by atoms with Gasteiger partial charge in [-0.15, -0.1) is 0 Å². The summed E-state index contributed by atoms with van der Waals surface area (Å²) in [5, 5.41) is 10.2. The van der Waals surface area contributed by atoms with Gasteiger partial charge in [0.15, 0.2) is 11.5 Å². The second kappa shape index (κ2) is 12.7. The first-order chi connectivity index (χ1) is 21.2. The van der Waals surface area contributed by atoms with E-state index in [2.05, 4.69) is 16.0 Å². The number of ether oxygens (including phenoxy) is 3. The Morgan fingerprint density at radius 3 is 2.48 bits per heavy atom. The second-order valence-electron chi connectivity index (χ2n) is 11.0. The van der Waals surface area contributed by atoms with Crippen LogP contribution in [0.15, 0.2) is 59.5 Å². The van der Waals surface area contributed by atoms with Crippen molar-refractivity contribution in [3.05, 3.63) is 81.6 Å². The molecule has 0 bridgehead atoms. The Kier molecular flexibility index (Phi) is 8.80. The number of benzene rings is 2. The van der Waals surface area contributed by atoms with E-state index in [9.17, 15) is 14.4 Å². The molecule has 2 atom stereocenters. The molecule has 4 aromatic rings. The zero-order valence-corrected chi connectivity index (χ0v) is 25.9. The van der Waals surface area contributed by atoms with Crippen LogP contribution in [0.1, 0.15) is 43.0 Å². The molecule has 0 radical (unpaired) electrons. The van der Waals surface area contributed by atoms with Gasteiger partial charge in [-0.3, -0.25) is 14.4 Å². The molecular weight excluding hydrogens is 560 g/mol. The molecule has 44 heavy (non-hydrogen) atoms. The minimum absolute atomic E-state index is 0.206. The summed E-state index contributed by atoms with van der Waals surface area (Å²) in [6.45, 7) is 3.52. The van der Waals surface area contributed by atoms with Crippen molar-refractivity contribution in [2.45, 2.75) is 45.3 Å². The summed E-state index contributed by atoms with van der Waals surface area (Å²) < 4.78 is 19.1. The third-order valence-corrected chi connectivity index (χ3v) is 8.11. The van der Waals surface area contributed by atoms with Gasteiger partial charge in [-0.25, -0.2) is 0 Å². The number of aromatic nitrogens is 1. The summed E-state index contributed by atoms with van der Waals surface area (Å²) in [6.07, 6.45) is 3.16. The molecule has 0 saturated heterocycles. The first-order valence-corrected chi connectivity index (χ1v) is 14.5. The topological polar surface area (TPSA) is 120 Å². The number of methoxy groups -OCH3 is 3. The third kappa shape index (κ3) is 5.79. The van der Waals surface area contributed by atoms with Gasteiger partial charge in [-0.1, -0.05) is 24.3 Å². The van der Waals surface area contributed by atoms with E-state index in [1.807, 2.05) is 54.2 Å². The average molecular weight is 599 g/mol. The Labute approximate surface area is 256 Å². The van der Waals surface area contributed by atoms with Crippen LogP contribution < -0.4 is 35.6 Å². The molecule has 2 amide bonds. The molecule has 1 aliphatic carbocycles. The van der Waals surface area contributed by atoms with Gasteiger partial charge in [-0.05, 0) is 66.3 Å². The highest BCUT2D eigenvalue weighted by Crippen LogP contribution is 2.50. The lowest BCUT2D eigenvalue weighted by Crippen LogP contribution is -2.38. The van der Waals surface area contributed by atoms with Crippen molar-refractivity contribution in [3.63, 3.8) is 0 Å². The van der Waals surface area contributed by atoms with Crippen LogP contribution >= 0.6 is 0 Å². The predicted molar refractivity (Wildman–Crippen MR) is 171 cm³/mol. The molecular formula is C34H38N4O6. The molecule has 230 valence electrons. The number of hydrogen-bond donors (Lipinski definition) is 3. The smallest absolute Gasteiger partial charge is 0.242 e. The largest absolute Gasteiger partial charge is 0.493 e. The maximum absolute atomic E-state index is 13.6. The van der Waals surface area contributed by atoms with Gasteiger partial charge >= 0.3 is 0 Å². The van der Waals surface area contributed by atoms with Gasteiger partial charge in [0.1, 0.15) is 6.04 Å². The summed E-state index contributed by atoms with van der Waals surface area (Å²) in [5.41, 5.74) is 5.10. The number of amides is 2. The standard InChI is InChI=1S/C34H38N4O6/c1-19(34(41)35-17-22-18-38(3)28-10-8-7-9-23(22)28)36-27-14-12-24-25(16-29(27)40)26(37-20(2)39)13-11-21-15-30(42-4)32(43-5)33(44-6)31(21)24/h7-10,12,14-16,18-19,26H,11,13,17H2,1-6H3,(H,35,41)(H,36,40)(H,37,39)/t19-,26-/m1/s1. The molecule has 1 aliphatic rings. The zero-order valence-electron chi connectivity index (χ0n) is 25.9. The quantitative estimate of drug-likeness (QED) is 0.260. The van der Waals surface area contributed by atoms with E-state index >= 15 is 0 Å². The minimum Gasteiger partial charge on any atom is -0.493 e. The number of hydrogen-bond acceptors (Lipinski definition) is 7. The maximum Gasteiger partial charge on any atom is 0.242 e. The number of para-hydroxylation sites is 1. The normalized spacial score (nSPS) is 14.5. The van der Waals surface area contributed by atoms with E-state index < -0.39 is 12.1 Å². The van der Waals surface area contributed by atoms with Crippen LogP contribution in [0.5, 0.6) is 17.2 Å². The van der Waals surface area contributed by atoms with E-state index in [1.165, 1.54) is 13.0 Å². The molecule has 3 aromatic carbocycles. The van der Waals surface area contributed by atoms with Crippen LogP contribution in [-0.2, 0) is 29.6 Å². The summed E-state index contributed by atoms with van der Waals surface area (Å²) in [7, 11) is 6.64. The number of fused-ring (bicyclic) bond motifs is 4. The number of anilines is 1. The molecule has 1 heterocycles. The average Bonchev–Trinajstić information content (AvgIpc) is 3.15. The molecule has 0 unspecified atom stereocenters. The van der Waals surface area contributed by atoms with E-state index in [0.29, 0.717) is 47.8 Å². The molecule has 0 aliphatic heterocycles. The van der Waals surface area contributed by atoms with Crippen molar-refractivity contribution < 1.29 is 23.8 Å². The van der Waals surface area contributed by atoms with Crippen molar-refractivity contribution in [1.82, 2.24) is 15.2 Å². The van der Waals surface area contributed by atoms with E-state index in [0.717, 1.165) is 27.6 Å². The van der Waals surface area contributed by atoms with Gasteiger partial charge in [0.25, 0.3) is 0 Å². The first-order valence-electron chi connectivity index (χ1n) is 14.5. The number of rotatable bonds is 9. The number of carbonyl (C=O) groups excluding carboxylic acids is 2. The van der Waals surface area contributed by atoms with Crippen molar-refractivity contribution in [2.75, 3.05) is 26.6 Å². The SMILES string of the molecule is COc1cc2c(c(OC)c1OC)-c1ccc(N[C@H](C)C(=O)NCc3cn(C)c4ccccc34)c(=O)cc1[C@H](NC(C)=O)CC2. The minimum atomic E-state index is -0.697. The summed E-state index contributed by atoms with van der Waals surface area (Å²) in [6, 6.07) is 13.8. The Morgan fingerprint density at radius 1 is 1.02 bits per heavy atom. The van der Waals surface area contributed by atoms with Gasteiger partial charge in [-0.2, -0.15) is 0 Å². The Morgan fingerprint density at radius 2 is 1.77 bits per heavy atom. The lowest BCUT2D eigenvalue weighted by Gasteiger charge is -2.19. The van der Waals surface area contributed by atoms with E-state index in [1.54, 1.807) is 34.3 Å². The van der Waals surface area contributed by atoms with E-state index in [-0.39, 0.29) is 22.9 Å². The molecule has 10 heteroatoms. The first kappa shape index (κ1) is 30.5. The molecule has 3 N–H and O–H groups in total. The number of carbonyl (C=O) groups is 2. The molecule has 0 saturated carbocycles. The van der Waals surface area contributed by atoms with Crippen molar-refractivity contribution in [3.8, 4) is 28.4 Å². The van der Waals surface area contributed by atoms with Crippen molar-refractivity contribution in [2.24, 2.45) is 7.05 Å². The highest BCUT2D eigenvalue weighted by Gasteiger charge is 2.29. The number of nitrogens with zero attached hydrogens (tertiary/aromatic N) is 1. The van der Waals surface area contributed by atoms with Gasteiger partial charge in [0.2, 0.25) is 23.0 Å². The Balaban J connectivity index is 1.49. The predicted octanol–water partition coefficient (Wildman–Crippen LogP) is 4.47. The Hall–Kier alpha value is -4.99. The highest BCUT2D eigenvalue weighted by atomic mass is 16.5. The molecule has 0 fully saturated rings.